The Balaban J connectivity index is 1.28. The van der Waals surface area contributed by atoms with E-state index in [2.05, 4.69) is 27.4 Å². The minimum Gasteiger partial charge on any atom is -0.382 e. The molecule has 0 bridgehead atoms. The maximum Gasteiger partial charge on any atom is 0.226 e. The number of rotatable bonds is 4. The van der Waals surface area contributed by atoms with Crippen molar-refractivity contribution in [2.24, 2.45) is 13.0 Å². The first-order valence-corrected chi connectivity index (χ1v) is 8.79. The van der Waals surface area contributed by atoms with Gasteiger partial charge in [0.25, 0.3) is 0 Å². The van der Waals surface area contributed by atoms with Crippen molar-refractivity contribution in [3.8, 4) is 0 Å². The van der Waals surface area contributed by atoms with Gasteiger partial charge < -0.3 is 10.2 Å². The van der Waals surface area contributed by atoms with Gasteiger partial charge in [0.15, 0.2) is 0 Å². The Hall–Kier alpha value is -2.30. The standard InChI is InChI=1S/C19H24N4O/c1-22-13-14(12-20-22)17-11-18(17)19(24)23-9-7-16(8-10-23)21-15-5-3-2-4-6-15/h2-6,12-13,16-18,21H,7-11H2,1H3/t17-,18-/m0/s1. The number of carbonyl (C=O) groups is 1. The highest BCUT2D eigenvalue weighted by molar-refractivity contribution is 5.83. The van der Waals surface area contributed by atoms with Crippen molar-refractivity contribution in [3.05, 3.63) is 48.3 Å². The Morgan fingerprint density at radius 1 is 1.21 bits per heavy atom. The lowest BCUT2D eigenvalue weighted by Crippen LogP contribution is -2.43. The van der Waals surface area contributed by atoms with Crippen LogP contribution in [0.3, 0.4) is 0 Å². The number of amides is 1. The molecular formula is C19H24N4O. The SMILES string of the molecule is Cn1cc([C@@H]2C[C@@H]2C(=O)N2CCC(Nc3ccccc3)CC2)cn1. The second kappa shape index (κ2) is 6.30. The molecule has 0 unspecified atom stereocenters. The maximum atomic E-state index is 12.7. The van der Waals surface area contributed by atoms with E-state index in [0.29, 0.717) is 17.9 Å². The molecule has 4 rings (SSSR count). The normalized spacial score (nSPS) is 24.0. The highest BCUT2D eigenvalue weighted by Crippen LogP contribution is 2.48. The number of anilines is 1. The highest BCUT2D eigenvalue weighted by atomic mass is 16.2. The van der Waals surface area contributed by atoms with Gasteiger partial charge in [0.05, 0.1) is 6.20 Å². The molecule has 1 amide bonds. The zero-order valence-corrected chi connectivity index (χ0v) is 14.1. The van der Waals surface area contributed by atoms with Crippen LogP contribution in [0.5, 0.6) is 0 Å². The molecule has 1 aromatic carbocycles. The Bertz CT molecular complexity index is 703. The monoisotopic (exact) mass is 324 g/mol. The van der Waals surface area contributed by atoms with Crippen LogP contribution in [0.1, 0.15) is 30.7 Å². The molecule has 1 saturated carbocycles. The first-order valence-electron chi connectivity index (χ1n) is 8.79. The van der Waals surface area contributed by atoms with Crippen LogP contribution in [0.25, 0.3) is 0 Å². The van der Waals surface area contributed by atoms with Crippen molar-refractivity contribution >= 4 is 11.6 Å². The van der Waals surface area contributed by atoms with Crippen LogP contribution < -0.4 is 5.32 Å². The summed E-state index contributed by atoms with van der Waals surface area (Å²) in [6, 6.07) is 10.8. The summed E-state index contributed by atoms with van der Waals surface area (Å²) in [4.78, 5) is 14.8. The zero-order chi connectivity index (χ0) is 16.5. The first-order chi connectivity index (χ1) is 11.7. The number of para-hydroxylation sites is 1. The second-order valence-electron chi connectivity index (χ2n) is 7.01. The summed E-state index contributed by atoms with van der Waals surface area (Å²) in [5, 5.41) is 7.79. The maximum absolute atomic E-state index is 12.7. The Morgan fingerprint density at radius 2 is 1.96 bits per heavy atom. The molecule has 126 valence electrons. The van der Waals surface area contributed by atoms with Gasteiger partial charge in [0.1, 0.15) is 0 Å². The van der Waals surface area contributed by atoms with Crippen molar-refractivity contribution < 1.29 is 4.79 Å². The average Bonchev–Trinajstić information content (AvgIpc) is 3.30. The molecule has 2 atom stereocenters. The van der Waals surface area contributed by atoms with Crippen LogP contribution in [0.4, 0.5) is 5.69 Å². The fourth-order valence-electron chi connectivity index (χ4n) is 3.72. The van der Waals surface area contributed by atoms with E-state index in [1.54, 1.807) is 0 Å². The molecule has 2 fully saturated rings. The number of likely N-dealkylation sites (tertiary alicyclic amines) is 1. The topological polar surface area (TPSA) is 50.2 Å². The van der Waals surface area contributed by atoms with Crippen molar-refractivity contribution in [1.82, 2.24) is 14.7 Å². The summed E-state index contributed by atoms with van der Waals surface area (Å²) in [5.74, 6) is 0.890. The molecular weight excluding hydrogens is 300 g/mol. The average molecular weight is 324 g/mol. The Labute approximate surface area is 142 Å². The number of hydrogen-bond donors (Lipinski definition) is 1. The number of hydrogen-bond acceptors (Lipinski definition) is 3. The molecule has 0 spiro atoms. The van der Waals surface area contributed by atoms with Gasteiger partial charge in [0.2, 0.25) is 5.91 Å². The molecule has 1 aliphatic carbocycles. The number of aryl methyl sites for hydroxylation is 1. The van der Waals surface area contributed by atoms with Crippen LogP contribution >= 0.6 is 0 Å². The predicted octanol–water partition coefficient (Wildman–Crippen LogP) is 2.63. The van der Waals surface area contributed by atoms with Crippen LogP contribution in [-0.4, -0.2) is 39.7 Å². The number of piperidine rings is 1. The van der Waals surface area contributed by atoms with Crippen LogP contribution in [0.2, 0.25) is 0 Å². The number of benzene rings is 1. The molecule has 1 aliphatic heterocycles. The summed E-state index contributed by atoms with van der Waals surface area (Å²) in [7, 11) is 1.92. The number of nitrogens with zero attached hydrogens (tertiary/aromatic N) is 3. The van der Waals surface area contributed by atoms with Gasteiger partial charge in [-0.15, -0.1) is 0 Å². The fraction of sp³-hybridized carbons (Fsp3) is 0.474. The van der Waals surface area contributed by atoms with E-state index >= 15 is 0 Å². The minimum absolute atomic E-state index is 0.174. The van der Waals surface area contributed by atoms with Crippen LogP contribution in [0.15, 0.2) is 42.7 Å². The lowest BCUT2D eigenvalue weighted by Gasteiger charge is -2.33. The van der Waals surface area contributed by atoms with Gasteiger partial charge in [-0.25, -0.2) is 0 Å². The summed E-state index contributed by atoms with van der Waals surface area (Å²) in [6.45, 7) is 1.72. The minimum atomic E-state index is 0.174. The zero-order valence-electron chi connectivity index (χ0n) is 14.1. The third kappa shape index (κ3) is 3.16. The Morgan fingerprint density at radius 3 is 2.62 bits per heavy atom. The van der Waals surface area contributed by atoms with E-state index in [-0.39, 0.29) is 5.92 Å². The highest BCUT2D eigenvalue weighted by Gasteiger charge is 2.46. The number of carbonyl (C=O) groups excluding carboxylic acids is 1. The van der Waals surface area contributed by atoms with Crippen LogP contribution in [0, 0.1) is 5.92 Å². The lowest BCUT2D eigenvalue weighted by atomic mass is 10.0. The number of aromatic nitrogens is 2. The van der Waals surface area contributed by atoms with E-state index in [1.807, 2.05) is 42.3 Å². The van der Waals surface area contributed by atoms with E-state index in [1.165, 1.54) is 11.3 Å². The Kier molecular flexibility index (Phi) is 4.00. The molecule has 5 heteroatoms. The van der Waals surface area contributed by atoms with E-state index in [0.717, 1.165) is 32.4 Å². The van der Waals surface area contributed by atoms with Crippen molar-refractivity contribution in [1.29, 1.82) is 0 Å². The third-order valence-corrected chi connectivity index (χ3v) is 5.21. The molecule has 0 radical (unpaired) electrons. The van der Waals surface area contributed by atoms with Crippen molar-refractivity contribution in [2.45, 2.75) is 31.2 Å². The van der Waals surface area contributed by atoms with Crippen LogP contribution in [-0.2, 0) is 11.8 Å². The van der Waals surface area contributed by atoms with Gasteiger partial charge >= 0.3 is 0 Å². The number of nitrogens with one attached hydrogen (secondary N) is 1. The van der Waals surface area contributed by atoms with Crippen molar-refractivity contribution in [3.63, 3.8) is 0 Å². The van der Waals surface area contributed by atoms with E-state index < -0.39 is 0 Å². The third-order valence-electron chi connectivity index (χ3n) is 5.21. The fourth-order valence-corrected chi connectivity index (χ4v) is 3.72. The summed E-state index contributed by atoms with van der Waals surface area (Å²) in [5.41, 5.74) is 2.37. The van der Waals surface area contributed by atoms with E-state index in [9.17, 15) is 4.79 Å². The predicted molar refractivity (Wildman–Crippen MR) is 93.7 cm³/mol. The van der Waals surface area contributed by atoms with E-state index in [4.69, 9.17) is 0 Å². The van der Waals surface area contributed by atoms with Gasteiger partial charge in [-0.3, -0.25) is 9.48 Å². The molecule has 2 heterocycles. The summed E-state index contributed by atoms with van der Waals surface area (Å²) < 4.78 is 1.82. The van der Waals surface area contributed by atoms with Crippen molar-refractivity contribution in [2.75, 3.05) is 18.4 Å². The molecule has 1 aromatic heterocycles. The van der Waals surface area contributed by atoms with Gasteiger partial charge in [-0.05, 0) is 42.9 Å². The summed E-state index contributed by atoms with van der Waals surface area (Å²) in [6.07, 6.45) is 6.95. The molecule has 24 heavy (non-hydrogen) atoms. The lowest BCUT2D eigenvalue weighted by molar-refractivity contribution is -0.133. The summed E-state index contributed by atoms with van der Waals surface area (Å²) >= 11 is 0. The van der Waals surface area contributed by atoms with Gasteiger partial charge in [-0.2, -0.15) is 5.10 Å². The molecule has 1 N–H and O–H groups in total. The van der Waals surface area contributed by atoms with Gasteiger partial charge in [0, 0.05) is 44.0 Å². The molecule has 1 saturated heterocycles. The quantitative estimate of drug-likeness (QED) is 0.940. The molecule has 2 aliphatic rings. The second-order valence-corrected chi connectivity index (χ2v) is 7.01. The largest absolute Gasteiger partial charge is 0.382 e. The molecule has 5 nitrogen and oxygen atoms in total. The first kappa shape index (κ1) is 15.2. The smallest absolute Gasteiger partial charge is 0.226 e. The van der Waals surface area contributed by atoms with Gasteiger partial charge in [-0.1, -0.05) is 18.2 Å². The molecule has 2 aromatic rings.